The molecule has 67 heavy (non-hydrogen) atoms. The summed E-state index contributed by atoms with van der Waals surface area (Å²) in [5.74, 6) is -4.33. The van der Waals surface area contributed by atoms with Crippen molar-refractivity contribution < 1.29 is 27.5 Å². The van der Waals surface area contributed by atoms with Crippen molar-refractivity contribution in [3.05, 3.63) is 139 Å². The molecule has 0 unspecified atom stereocenters. The summed E-state index contributed by atoms with van der Waals surface area (Å²) in [6.07, 6.45) is 1.64. The molecule has 3 aromatic carbocycles. The number of anilines is 2. The van der Waals surface area contributed by atoms with Crippen LogP contribution in [0.3, 0.4) is 0 Å². The minimum atomic E-state index is -1.09. The molecule has 14 nitrogen and oxygen atoms in total. The Hall–Kier alpha value is -6.76. The van der Waals surface area contributed by atoms with Crippen molar-refractivity contribution in [2.45, 2.75) is 47.5 Å². The van der Waals surface area contributed by atoms with E-state index in [0.717, 1.165) is 85.5 Å². The summed E-state index contributed by atoms with van der Waals surface area (Å²) >= 11 is 6.26. The zero-order valence-corrected chi connectivity index (χ0v) is 38.5. The molecule has 0 spiro atoms. The summed E-state index contributed by atoms with van der Waals surface area (Å²) < 4.78 is 60.1. The van der Waals surface area contributed by atoms with Gasteiger partial charge in [0.15, 0.2) is 11.3 Å². The van der Waals surface area contributed by atoms with Crippen molar-refractivity contribution in [1.82, 2.24) is 38.9 Å². The van der Waals surface area contributed by atoms with E-state index in [1.807, 2.05) is 0 Å². The molecule has 0 amide bonds. The van der Waals surface area contributed by atoms with Crippen LogP contribution in [0.5, 0.6) is 0 Å². The van der Waals surface area contributed by atoms with Gasteiger partial charge in [0, 0.05) is 36.2 Å². The average Bonchev–Trinajstić information content (AvgIpc) is 3.30. The summed E-state index contributed by atoms with van der Waals surface area (Å²) in [4.78, 5) is 59.5. The molecule has 4 heterocycles. The number of hydrogen-bond donors (Lipinski definition) is 3. The molecular formula is C48H51ClF4N10O4. The Morgan fingerprint density at radius 1 is 0.627 bits per heavy atom. The number of aromatic carboxylic acids is 1. The van der Waals surface area contributed by atoms with Crippen LogP contribution in [0.2, 0.25) is 5.15 Å². The van der Waals surface area contributed by atoms with E-state index in [9.17, 15) is 37.1 Å². The first-order valence-electron chi connectivity index (χ1n) is 21.9. The van der Waals surface area contributed by atoms with Gasteiger partial charge in [-0.15, -0.1) is 0 Å². The predicted octanol–water partition coefficient (Wildman–Crippen LogP) is 8.73. The smallest absolute Gasteiger partial charge is 0.335 e. The number of para-hydroxylation sites is 2. The first kappa shape index (κ1) is 49.7. The Labute approximate surface area is 388 Å². The molecule has 19 heteroatoms. The third kappa shape index (κ3) is 11.3. The standard InChI is InChI=1S/C28H29F2N5O3.C20H22ClF2N5O/c1-4-34(5-2)16-8-15-31-28-32-24(18-9-6-10-19(17(18)3)27(37)38)20-13-14-23(36)35(26(20)33-28)25-21(29)11-7-12-22(25)30;1-3-27(4-2)12-6-11-24-20-25-18(21)13-9-10-16(29)28(19(13)26-20)17-14(22)7-5-8-15(17)23/h6-7,9-14H,4-5,8,15-16H2,1-3H3,(H,37,38)(H,31,32,33);5,7-10H,3-4,6,11-12H2,1-2H3,(H,24,25,26). The lowest BCUT2D eigenvalue weighted by Gasteiger charge is -2.18. The Morgan fingerprint density at radius 2 is 1.06 bits per heavy atom. The Balaban J connectivity index is 0.000000229. The molecule has 0 fully saturated rings. The third-order valence-corrected chi connectivity index (χ3v) is 11.5. The number of nitrogens with zero attached hydrogens (tertiary/aromatic N) is 8. The van der Waals surface area contributed by atoms with E-state index >= 15 is 0 Å². The number of benzene rings is 3. The van der Waals surface area contributed by atoms with Crippen LogP contribution >= 0.6 is 11.6 Å². The summed E-state index contributed by atoms with van der Waals surface area (Å²) in [6.45, 7) is 16.7. The fourth-order valence-electron chi connectivity index (χ4n) is 7.60. The van der Waals surface area contributed by atoms with Gasteiger partial charge < -0.3 is 25.5 Å². The van der Waals surface area contributed by atoms with Crippen LogP contribution < -0.4 is 21.8 Å². The highest BCUT2D eigenvalue weighted by Crippen LogP contribution is 2.32. The lowest BCUT2D eigenvalue weighted by Crippen LogP contribution is -2.25. The maximum absolute atomic E-state index is 14.8. The number of carboxylic acids is 1. The molecule has 7 rings (SSSR count). The number of pyridine rings is 2. The number of nitrogens with one attached hydrogen (secondary N) is 2. The Morgan fingerprint density at radius 3 is 1.52 bits per heavy atom. The van der Waals surface area contributed by atoms with Gasteiger partial charge in [0.05, 0.1) is 16.6 Å². The maximum Gasteiger partial charge on any atom is 0.335 e. The molecule has 4 aromatic heterocycles. The number of aromatic nitrogens is 6. The van der Waals surface area contributed by atoms with Crippen molar-refractivity contribution in [2.75, 3.05) is 63.0 Å². The number of carbonyl (C=O) groups is 1. The number of hydrogen-bond acceptors (Lipinski definition) is 11. The summed E-state index contributed by atoms with van der Waals surface area (Å²) in [5.41, 5.74) is -0.903. The molecule has 7 aromatic rings. The number of rotatable bonds is 18. The van der Waals surface area contributed by atoms with Crippen LogP contribution in [-0.2, 0) is 0 Å². The van der Waals surface area contributed by atoms with E-state index in [1.54, 1.807) is 19.1 Å². The van der Waals surface area contributed by atoms with Crippen molar-refractivity contribution >= 4 is 51.5 Å². The quantitative estimate of drug-likeness (QED) is 0.0427. The molecular weight excluding hydrogens is 892 g/mol. The molecule has 0 saturated heterocycles. The first-order chi connectivity index (χ1) is 32.2. The number of halogens is 5. The molecule has 0 radical (unpaired) electrons. The van der Waals surface area contributed by atoms with Crippen LogP contribution in [0.25, 0.3) is 44.7 Å². The minimum Gasteiger partial charge on any atom is -0.478 e. The third-order valence-electron chi connectivity index (χ3n) is 11.3. The fraction of sp³-hybridized carbons (Fsp3) is 0.312. The van der Waals surface area contributed by atoms with Gasteiger partial charge >= 0.3 is 5.97 Å². The van der Waals surface area contributed by atoms with Gasteiger partial charge in [-0.2, -0.15) is 9.97 Å². The van der Waals surface area contributed by atoms with Gasteiger partial charge in [0.25, 0.3) is 11.1 Å². The van der Waals surface area contributed by atoms with Gasteiger partial charge in [-0.3, -0.25) is 18.7 Å². The molecule has 352 valence electrons. The van der Waals surface area contributed by atoms with E-state index in [0.29, 0.717) is 40.7 Å². The summed E-state index contributed by atoms with van der Waals surface area (Å²) in [5, 5.41) is 16.6. The molecule has 0 aliphatic carbocycles. The predicted molar refractivity (Wildman–Crippen MR) is 254 cm³/mol. The number of carboxylic acid groups (broad SMARTS) is 1. The highest BCUT2D eigenvalue weighted by atomic mass is 35.5. The zero-order chi connectivity index (χ0) is 48.4. The summed E-state index contributed by atoms with van der Waals surface area (Å²) in [7, 11) is 0. The van der Waals surface area contributed by atoms with Gasteiger partial charge in [0.1, 0.15) is 39.8 Å². The van der Waals surface area contributed by atoms with E-state index in [4.69, 9.17) is 11.6 Å². The van der Waals surface area contributed by atoms with E-state index in [-0.39, 0.29) is 33.9 Å². The molecule has 0 bridgehead atoms. The summed E-state index contributed by atoms with van der Waals surface area (Å²) in [6, 6.07) is 16.9. The molecule has 0 aliphatic rings. The van der Waals surface area contributed by atoms with E-state index < -0.39 is 51.7 Å². The number of fused-ring (bicyclic) bond motifs is 2. The second-order valence-corrected chi connectivity index (χ2v) is 15.6. The SMILES string of the molecule is CCN(CC)CCCNc1nc(-c2cccc(C(=O)O)c2C)c2ccc(=O)n(-c3c(F)cccc3F)c2n1.CCN(CC)CCCNc1nc(Cl)c2ccc(=O)n(-c3c(F)cccc3F)c2n1. The molecule has 0 saturated carbocycles. The molecule has 0 aliphatic heterocycles. The topological polar surface area (TPSA) is 163 Å². The van der Waals surface area contributed by atoms with Crippen molar-refractivity contribution in [3.8, 4) is 22.6 Å². The second kappa shape index (κ2) is 22.6. The fourth-order valence-corrected chi connectivity index (χ4v) is 7.83. The van der Waals surface area contributed by atoms with Gasteiger partial charge in [0.2, 0.25) is 11.9 Å². The largest absolute Gasteiger partial charge is 0.478 e. The minimum absolute atomic E-state index is 0.00197. The van der Waals surface area contributed by atoms with Crippen molar-refractivity contribution in [2.24, 2.45) is 0 Å². The van der Waals surface area contributed by atoms with Gasteiger partial charge in [-0.1, -0.05) is 63.6 Å². The zero-order valence-electron chi connectivity index (χ0n) is 37.7. The first-order valence-corrected chi connectivity index (χ1v) is 22.3. The normalized spacial score (nSPS) is 11.3. The monoisotopic (exact) mass is 942 g/mol. The van der Waals surface area contributed by atoms with Gasteiger partial charge in [-0.25, -0.2) is 32.3 Å². The lowest BCUT2D eigenvalue weighted by atomic mass is 9.98. The van der Waals surface area contributed by atoms with Crippen LogP contribution in [-0.4, -0.2) is 102 Å². The second-order valence-electron chi connectivity index (χ2n) is 15.3. The Kier molecular flexibility index (Phi) is 16.8. The van der Waals surface area contributed by atoms with Crippen LogP contribution in [0, 0.1) is 30.2 Å². The van der Waals surface area contributed by atoms with Gasteiger partial charge in [-0.05, 0) is 107 Å². The molecule has 3 N–H and O–H groups in total. The Bertz CT molecular complexity index is 2980. The highest BCUT2D eigenvalue weighted by Gasteiger charge is 2.22. The highest BCUT2D eigenvalue weighted by molar-refractivity contribution is 6.34. The lowest BCUT2D eigenvalue weighted by molar-refractivity contribution is 0.0696. The average molecular weight is 943 g/mol. The van der Waals surface area contributed by atoms with Crippen LogP contribution in [0.15, 0.2) is 88.5 Å². The van der Waals surface area contributed by atoms with Crippen molar-refractivity contribution in [1.29, 1.82) is 0 Å². The molecule has 0 atom stereocenters. The maximum atomic E-state index is 14.8. The van der Waals surface area contributed by atoms with E-state index in [2.05, 4.69) is 68.1 Å². The van der Waals surface area contributed by atoms with E-state index in [1.165, 1.54) is 42.5 Å². The van der Waals surface area contributed by atoms with Crippen LogP contribution in [0.1, 0.15) is 56.5 Å². The van der Waals surface area contributed by atoms with Crippen LogP contribution in [0.4, 0.5) is 29.5 Å². The van der Waals surface area contributed by atoms with Crippen molar-refractivity contribution in [3.63, 3.8) is 0 Å².